The first-order valence-corrected chi connectivity index (χ1v) is 6.71. The maximum absolute atomic E-state index is 12.3. The molecule has 0 unspecified atom stereocenters. The first-order chi connectivity index (χ1) is 10.6. The van der Waals surface area contributed by atoms with E-state index in [0.29, 0.717) is 5.69 Å². The van der Waals surface area contributed by atoms with E-state index in [-0.39, 0.29) is 22.8 Å². The molecule has 0 saturated heterocycles. The van der Waals surface area contributed by atoms with Crippen molar-refractivity contribution in [2.75, 3.05) is 12.4 Å². The normalized spacial score (nSPS) is 10.6. The van der Waals surface area contributed by atoms with Crippen LogP contribution in [0.1, 0.15) is 10.5 Å². The number of carbonyl (C=O) groups excluding carboxylic acids is 1. The van der Waals surface area contributed by atoms with E-state index in [0.717, 1.165) is 10.9 Å². The van der Waals surface area contributed by atoms with Gasteiger partial charge in [0, 0.05) is 30.5 Å². The van der Waals surface area contributed by atoms with E-state index in [1.165, 1.54) is 19.4 Å². The van der Waals surface area contributed by atoms with Crippen LogP contribution in [0.15, 0.2) is 47.5 Å². The zero-order valence-electron chi connectivity index (χ0n) is 12.2. The summed E-state index contributed by atoms with van der Waals surface area (Å²) in [5, 5.41) is 3.85. The molecule has 0 aliphatic rings. The average molecular weight is 297 g/mol. The molecular weight excluding hydrogens is 282 g/mol. The number of ether oxygens (including phenoxy) is 1. The van der Waals surface area contributed by atoms with E-state index in [1.54, 1.807) is 11.6 Å². The van der Waals surface area contributed by atoms with Crippen LogP contribution in [0.25, 0.3) is 10.9 Å². The van der Waals surface area contributed by atoms with E-state index in [2.05, 4.69) is 10.3 Å². The van der Waals surface area contributed by atoms with Gasteiger partial charge in [-0.3, -0.25) is 9.59 Å². The van der Waals surface area contributed by atoms with Crippen LogP contribution in [-0.4, -0.2) is 22.6 Å². The summed E-state index contributed by atoms with van der Waals surface area (Å²) in [6.45, 7) is 0. The molecule has 6 heteroatoms. The standard InChI is InChI=1S/C16H15N3O3/c1-19-9-15(22-2)14(20)8-13(19)16(21)18-11-4-3-10-5-6-17-12(10)7-11/h3-9,17H,1-2H3,(H,18,21). The smallest absolute Gasteiger partial charge is 0.272 e. The Labute approximate surface area is 126 Å². The summed E-state index contributed by atoms with van der Waals surface area (Å²) in [6, 6.07) is 8.79. The minimum atomic E-state index is -0.354. The molecule has 22 heavy (non-hydrogen) atoms. The van der Waals surface area contributed by atoms with Crippen LogP contribution in [0, 0.1) is 0 Å². The lowest BCUT2D eigenvalue weighted by Crippen LogP contribution is -2.21. The van der Waals surface area contributed by atoms with Gasteiger partial charge in [-0.15, -0.1) is 0 Å². The number of anilines is 1. The Morgan fingerprint density at radius 2 is 2.09 bits per heavy atom. The molecule has 2 N–H and O–H groups in total. The van der Waals surface area contributed by atoms with Crippen molar-refractivity contribution in [3.05, 3.63) is 58.6 Å². The van der Waals surface area contributed by atoms with Gasteiger partial charge < -0.3 is 19.6 Å². The van der Waals surface area contributed by atoms with Crippen molar-refractivity contribution in [3.63, 3.8) is 0 Å². The summed E-state index contributed by atoms with van der Waals surface area (Å²) >= 11 is 0. The van der Waals surface area contributed by atoms with Crippen LogP contribution in [0.4, 0.5) is 5.69 Å². The highest BCUT2D eigenvalue weighted by atomic mass is 16.5. The Hall–Kier alpha value is -3.02. The summed E-state index contributed by atoms with van der Waals surface area (Å²) in [5.74, 6) is -0.153. The predicted molar refractivity (Wildman–Crippen MR) is 84.5 cm³/mol. The minimum absolute atomic E-state index is 0.201. The van der Waals surface area contributed by atoms with Crippen LogP contribution < -0.4 is 15.5 Å². The molecule has 1 amide bonds. The van der Waals surface area contributed by atoms with Gasteiger partial charge >= 0.3 is 0 Å². The second kappa shape index (κ2) is 5.40. The lowest BCUT2D eigenvalue weighted by Gasteiger charge is -2.10. The molecule has 0 atom stereocenters. The van der Waals surface area contributed by atoms with Crippen molar-refractivity contribution in [3.8, 4) is 5.75 Å². The lowest BCUT2D eigenvalue weighted by atomic mass is 10.2. The molecule has 0 radical (unpaired) electrons. The largest absolute Gasteiger partial charge is 0.491 e. The van der Waals surface area contributed by atoms with Gasteiger partial charge in [0.1, 0.15) is 5.69 Å². The Kier molecular flexibility index (Phi) is 3.42. The number of aryl methyl sites for hydroxylation is 1. The molecule has 3 aromatic rings. The van der Waals surface area contributed by atoms with E-state index in [4.69, 9.17) is 4.74 Å². The Balaban J connectivity index is 1.90. The highest BCUT2D eigenvalue weighted by Gasteiger charge is 2.12. The van der Waals surface area contributed by atoms with Crippen LogP contribution >= 0.6 is 0 Å². The molecule has 0 fully saturated rings. The lowest BCUT2D eigenvalue weighted by molar-refractivity contribution is 0.101. The van der Waals surface area contributed by atoms with E-state index < -0.39 is 0 Å². The minimum Gasteiger partial charge on any atom is -0.491 e. The number of hydrogen-bond donors (Lipinski definition) is 2. The third-order valence-electron chi connectivity index (χ3n) is 3.47. The van der Waals surface area contributed by atoms with E-state index in [1.807, 2.05) is 30.5 Å². The van der Waals surface area contributed by atoms with E-state index in [9.17, 15) is 9.59 Å². The number of aromatic nitrogens is 2. The molecular formula is C16H15N3O3. The number of hydrogen-bond acceptors (Lipinski definition) is 3. The van der Waals surface area contributed by atoms with Gasteiger partial charge in [-0.1, -0.05) is 6.07 Å². The highest BCUT2D eigenvalue weighted by molar-refractivity contribution is 6.04. The monoisotopic (exact) mass is 297 g/mol. The van der Waals surface area contributed by atoms with Crippen molar-refractivity contribution in [2.45, 2.75) is 0 Å². The second-order valence-corrected chi connectivity index (χ2v) is 4.94. The number of methoxy groups -OCH3 is 1. The zero-order valence-corrected chi connectivity index (χ0v) is 12.2. The average Bonchev–Trinajstić information content (AvgIpc) is 2.96. The molecule has 2 aromatic heterocycles. The number of amides is 1. The van der Waals surface area contributed by atoms with Gasteiger partial charge in [-0.2, -0.15) is 0 Å². The molecule has 112 valence electrons. The summed E-state index contributed by atoms with van der Waals surface area (Å²) in [4.78, 5) is 27.2. The molecule has 0 aliphatic heterocycles. The summed E-state index contributed by atoms with van der Waals surface area (Å²) in [5.41, 5.74) is 1.52. The van der Waals surface area contributed by atoms with Crippen molar-refractivity contribution < 1.29 is 9.53 Å². The summed E-state index contributed by atoms with van der Waals surface area (Å²) < 4.78 is 6.51. The fraction of sp³-hybridized carbons (Fsp3) is 0.125. The number of fused-ring (bicyclic) bond motifs is 1. The molecule has 0 spiro atoms. The van der Waals surface area contributed by atoms with Crippen molar-refractivity contribution >= 4 is 22.5 Å². The first-order valence-electron chi connectivity index (χ1n) is 6.71. The fourth-order valence-corrected chi connectivity index (χ4v) is 2.31. The Morgan fingerprint density at radius 3 is 2.86 bits per heavy atom. The first kappa shape index (κ1) is 13.9. The van der Waals surface area contributed by atoms with Gasteiger partial charge in [0.2, 0.25) is 5.43 Å². The molecule has 0 saturated carbocycles. The van der Waals surface area contributed by atoms with Gasteiger partial charge in [0.25, 0.3) is 5.91 Å². The number of carbonyl (C=O) groups is 1. The highest BCUT2D eigenvalue weighted by Crippen LogP contribution is 2.18. The Morgan fingerprint density at radius 1 is 1.27 bits per heavy atom. The van der Waals surface area contributed by atoms with Gasteiger partial charge in [0.05, 0.1) is 13.3 Å². The number of aromatic amines is 1. The predicted octanol–water partition coefficient (Wildman–Crippen LogP) is 2.13. The second-order valence-electron chi connectivity index (χ2n) is 4.94. The van der Waals surface area contributed by atoms with Crippen molar-refractivity contribution in [1.29, 1.82) is 0 Å². The van der Waals surface area contributed by atoms with Crippen LogP contribution in [0.3, 0.4) is 0 Å². The number of nitrogens with one attached hydrogen (secondary N) is 2. The van der Waals surface area contributed by atoms with Crippen LogP contribution in [0.5, 0.6) is 5.75 Å². The fourth-order valence-electron chi connectivity index (χ4n) is 2.31. The summed E-state index contributed by atoms with van der Waals surface area (Å²) in [7, 11) is 3.10. The maximum Gasteiger partial charge on any atom is 0.272 e. The van der Waals surface area contributed by atoms with Gasteiger partial charge in [-0.25, -0.2) is 0 Å². The van der Waals surface area contributed by atoms with Crippen LogP contribution in [-0.2, 0) is 7.05 Å². The van der Waals surface area contributed by atoms with Crippen molar-refractivity contribution in [2.24, 2.45) is 7.05 Å². The number of rotatable bonds is 3. The quantitative estimate of drug-likeness (QED) is 0.777. The molecule has 0 aliphatic carbocycles. The molecule has 2 heterocycles. The number of nitrogens with zero attached hydrogens (tertiary/aromatic N) is 1. The third kappa shape index (κ3) is 2.46. The Bertz CT molecular complexity index is 908. The maximum atomic E-state index is 12.3. The van der Waals surface area contributed by atoms with Gasteiger partial charge in [-0.05, 0) is 23.6 Å². The SMILES string of the molecule is COc1cn(C)c(C(=O)Nc2ccc3cc[nH]c3c2)cc1=O. The van der Waals surface area contributed by atoms with Crippen molar-refractivity contribution in [1.82, 2.24) is 9.55 Å². The number of pyridine rings is 1. The molecule has 6 nitrogen and oxygen atoms in total. The van der Waals surface area contributed by atoms with Crippen LogP contribution in [0.2, 0.25) is 0 Å². The number of H-pyrrole nitrogens is 1. The summed E-state index contributed by atoms with van der Waals surface area (Å²) in [6.07, 6.45) is 3.33. The third-order valence-corrected chi connectivity index (χ3v) is 3.47. The number of benzene rings is 1. The molecule has 1 aromatic carbocycles. The molecule has 0 bridgehead atoms. The van der Waals surface area contributed by atoms with Gasteiger partial charge in [0.15, 0.2) is 5.75 Å². The topological polar surface area (TPSA) is 76.1 Å². The zero-order chi connectivity index (χ0) is 15.7. The molecule has 3 rings (SSSR count). The van der Waals surface area contributed by atoms with E-state index >= 15 is 0 Å².